The number of anilines is 2. The molecular formula is C46H50ClN7O6. The molecule has 312 valence electrons. The molecule has 4 aliphatic heterocycles. The van der Waals surface area contributed by atoms with Crippen LogP contribution in [0.4, 0.5) is 11.4 Å². The van der Waals surface area contributed by atoms with E-state index in [1.54, 1.807) is 30.3 Å². The highest BCUT2D eigenvalue weighted by Gasteiger charge is 2.64. The van der Waals surface area contributed by atoms with Gasteiger partial charge in [0.25, 0.3) is 17.7 Å². The lowest BCUT2D eigenvalue weighted by Crippen LogP contribution is -2.74. The highest BCUT2D eigenvalue weighted by atomic mass is 35.5. The normalized spacial score (nSPS) is 25.5. The molecule has 2 N–H and O–H groups in total. The van der Waals surface area contributed by atoms with E-state index < -0.39 is 23.8 Å². The largest absolute Gasteiger partial charge is 0.489 e. The third kappa shape index (κ3) is 6.78. The smallest absolute Gasteiger partial charge is 0.262 e. The zero-order chi connectivity index (χ0) is 42.3. The first-order valence-corrected chi connectivity index (χ1v) is 21.3. The number of carbonyl (C=O) groups is 5. The Morgan fingerprint density at radius 1 is 0.867 bits per heavy atom. The predicted molar refractivity (Wildman–Crippen MR) is 225 cm³/mol. The maximum atomic E-state index is 13.5. The van der Waals surface area contributed by atoms with Crippen molar-refractivity contribution in [2.75, 3.05) is 55.6 Å². The fourth-order valence-corrected chi connectivity index (χ4v) is 11.6. The number of carbonyl (C=O) groups excluding carboxylic acids is 5. The number of piperazine rings is 1. The zero-order valence-electron chi connectivity index (χ0n) is 34.4. The first-order chi connectivity index (χ1) is 28.6. The number of rotatable bonds is 9. The predicted octanol–water partition coefficient (Wildman–Crippen LogP) is 5.26. The van der Waals surface area contributed by atoms with Crippen LogP contribution in [0.15, 0.2) is 60.7 Å². The molecule has 13 nitrogen and oxygen atoms in total. The molecule has 3 aromatic rings. The first kappa shape index (κ1) is 40.0. The fourth-order valence-electron chi connectivity index (χ4n) is 11.3. The Morgan fingerprint density at radius 2 is 1.53 bits per heavy atom. The lowest BCUT2D eigenvalue weighted by Gasteiger charge is -2.63. The van der Waals surface area contributed by atoms with Gasteiger partial charge in [-0.05, 0) is 79.8 Å². The van der Waals surface area contributed by atoms with Gasteiger partial charge in [0.2, 0.25) is 11.8 Å². The minimum absolute atomic E-state index is 0.0963. The van der Waals surface area contributed by atoms with Gasteiger partial charge < -0.3 is 19.9 Å². The van der Waals surface area contributed by atoms with Gasteiger partial charge in [-0.15, -0.1) is 0 Å². The number of nitrogens with one attached hydrogen (secondary N) is 2. The topological polar surface area (TPSA) is 155 Å². The Bertz CT molecular complexity index is 2320. The van der Waals surface area contributed by atoms with Crippen molar-refractivity contribution in [3.8, 4) is 11.8 Å². The summed E-state index contributed by atoms with van der Waals surface area (Å²) >= 11 is 6.25. The van der Waals surface area contributed by atoms with E-state index >= 15 is 0 Å². The van der Waals surface area contributed by atoms with Crippen molar-refractivity contribution in [3.63, 3.8) is 0 Å². The average molecular weight is 832 g/mol. The Labute approximate surface area is 354 Å². The van der Waals surface area contributed by atoms with Crippen LogP contribution in [0.2, 0.25) is 5.02 Å². The molecule has 0 aromatic heterocycles. The van der Waals surface area contributed by atoms with Crippen LogP contribution in [-0.4, -0.2) is 103 Å². The summed E-state index contributed by atoms with van der Waals surface area (Å²) in [6.45, 7) is 15.1. The number of amides is 5. The number of benzene rings is 3. The number of halogens is 1. The average Bonchev–Trinajstić information content (AvgIpc) is 3.44. The van der Waals surface area contributed by atoms with E-state index in [0.717, 1.165) is 62.1 Å². The minimum atomic E-state index is -0.965. The molecule has 1 atom stereocenters. The molecule has 4 heterocycles. The minimum Gasteiger partial charge on any atom is -0.489 e. The quantitative estimate of drug-likeness (QED) is 0.273. The van der Waals surface area contributed by atoms with E-state index in [4.69, 9.17) is 16.3 Å². The molecule has 3 saturated heterocycles. The second-order valence-electron chi connectivity index (χ2n) is 18.9. The molecule has 0 radical (unpaired) electrons. The Balaban J connectivity index is 0.716. The summed E-state index contributed by atoms with van der Waals surface area (Å²) in [5.41, 5.74) is 3.27. The number of nitriles is 1. The summed E-state index contributed by atoms with van der Waals surface area (Å²) in [7, 11) is 0. The molecule has 2 aliphatic carbocycles. The SMILES string of the molecule is CC1(C)[C@H](NC(=O)c2ccc(N3CCN(CC4CC5(C4)CN(c4ccc6c(c4)C(=O)N(C4CCC(=O)NC4=O)C6=O)C5)CC3)cc2)C(C)(C)[C@H]1Oc1ccc(C#N)c(Cl)c1. The fraction of sp³-hybridized carbons (Fsp3) is 0.478. The van der Waals surface area contributed by atoms with Gasteiger partial charge in [-0.1, -0.05) is 39.3 Å². The molecule has 6 aliphatic rings. The van der Waals surface area contributed by atoms with Crippen molar-refractivity contribution in [3.05, 3.63) is 87.9 Å². The summed E-state index contributed by atoms with van der Waals surface area (Å²) in [5, 5.41) is 15.1. The number of ether oxygens (including phenoxy) is 1. The summed E-state index contributed by atoms with van der Waals surface area (Å²) in [6, 6.07) is 19.4. The van der Waals surface area contributed by atoms with Crippen molar-refractivity contribution in [1.82, 2.24) is 20.4 Å². The first-order valence-electron chi connectivity index (χ1n) is 20.9. The molecule has 1 spiro atoms. The summed E-state index contributed by atoms with van der Waals surface area (Å²) in [5.74, 6) is -0.801. The van der Waals surface area contributed by atoms with E-state index in [1.165, 1.54) is 12.8 Å². The lowest BCUT2D eigenvalue weighted by molar-refractivity contribution is -0.164. The zero-order valence-corrected chi connectivity index (χ0v) is 35.2. The van der Waals surface area contributed by atoms with Gasteiger partial charge in [0.05, 0.1) is 21.7 Å². The molecule has 5 fully saturated rings. The number of hydrogen-bond acceptors (Lipinski definition) is 10. The van der Waals surface area contributed by atoms with Crippen LogP contribution in [0.5, 0.6) is 5.75 Å². The third-order valence-electron chi connectivity index (χ3n) is 14.1. The van der Waals surface area contributed by atoms with E-state index in [0.29, 0.717) is 44.4 Å². The Morgan fingerprint density at radius 3 is 2.18 bits per heavy atom. The molecular weight excluding hydrogens is 782 g/mol. The van der Waals surface area contributed by atoms with Crippen LogP contribution >= 0.6 is 11.6 Å². The van der Waals surface area contributed by atoms with Gasteiger partial charge >= 0.3 is 0 Å². The van der Waals surface area contributed by atoms with E-state index in [9.17, 15) is 29.2 Å². The van der Waals surface area contributed by atoms with E-state index in [-0.39, 0.29) is 47.6 Å². The van der Waals surface area contributed by atoms with Gasteiger partial charge in [-0.25, -0.2) is 0 Å². The molecule has 0 bridgehead atoms. The second kappa shape index (κ2) is 14.6. The molecule has 2 saturated carbocycles. The maximum absolute atomic E-state index is 13.5. The number of imide groups is 2. The monoisotopic (exact) mass is 831 g/mol. The number of hydrogen-bond donors (Lipinski definition) is 2. The van der Waals surface area contributed by atoms with Gasteiger partial charge in [-0.3, -0.25) is 39.1 Å². The highest BCUT2D eigenvalue weighted by molar-refractivity contribution is 6.31. The standard InChI is InChI=1S/C46H50ClN7O6/c1-44(2)42(45(3,4)43(44)60-32-11-7-29(23-48)35(47)20-32)50-38(56)28-5-8-30(9-6-28)52-17-15-51(16-18-52)24-27-21-46(22-27)25-53(26-46)31-10-12-33-34(19-31)41(59)54(40(33)58)36-13-14-37(55)49-39(36)57/h5-12,19-20,27,36,42-43H,13-18,21-22,24-26H2,1-4H3,(H,50,56)(H,49,55,57)/t36?,42-,43-. The molecule has 9 rings (SSSR count). The van der Waals surface area contributed by atoms with Crippen LogP contribution < -0.4 is 25.2 Å². The van der Waals surface area contributed by atoms with Gasteiger partial charge in [0.1, 0.15) is 24.0 Å². The van der Waals surface area contributed by atoms with Crippen LogP contribution in [0.1, 0.15) is 90.0 Å². The van der Waals surface area contributed by atoms with E-state index in [1.807, 2.05) is 30.3 Å². The highest BCUT2D eigenvalue weighted by Crippen LogP contribution is 2.56. The van der Waals surface area contributed by atoms with Gasteiger partial charge in [0, 0.05) is 97.5 Å². The van der Waals surface area contributed by atoms with Crippen LogP contribution in [0.3, 0.4) is 0 Å². The Hall–Kier alpha value is -5.45. The van der Waals surface area contributed by atoms with Crippen molar-refractivity contribution in [2.24, 2.45) is 22.2 Å². The van der Waals surface area contributed by atoms with Crippen LogP contribution in [0, 0.1) is 33.5 Å². The van der Waals surface area contributed by atoms with Crippen LogP contribution in [0.25, 0.3) is 0 Å². The van der Waals surface area contributed by atoms with Crippen molar-refractivity contribution in [2.45, 2.75) is 71.6 Å². The van der Waals surface area contributed by atoms with Crippen molar-refractivity contribution < 1.29 is 28.7 Å². The van der Waals surface area contributed by atoms with Crippen molar-refractivity contribution >= 4 is 52.5 Å². The summed E-state index contributed by atoms with van der Waals surface area (Å²) < 4.78 is 6.39. The third-order valence-corrected chi connectivity index (χ3v) is 14.4. The number of nitrogens with zero attached hydrogens (tertiary/aromatic N) is 5. The van der Waals surface area contributed by atoms with Gasteiger partial charge in [0.15, 0.2) is 0 Å². The number of piperidine rings is 1. The molecule has 1 unspecified atom stereocenters. The lowest BCUT2D eigenvalue weighted by atomic mass is 9.49. The maximum Gasteiger partial charge on any atom is 0.262 e. The second-order valence-corrected chi connectivity index (χ2v) is 19.3. The molecule has 14 heteroatoms. The van der Waals surface area contributed by atoms with Crippen LogP contribution in [-0.2, 0) is 9.59 Å². The summed E-state index contributed by atoms with van der Waals surface area (Å²) in [4.78, 5) is 72.2. The van der Waals surface area contributed by atoms with E-state index in [2.05, 4.69) is 59.1 Å². The molecule has 3 aromatic carbocycles. The Kier molecular flexibility index (Phi) is 9.75. The molecule has 60 heavy (non-hydrogen) atoms. The molecule has 5 amide bonds. The summed E-state index contributed by atoms with van der Waals surface area (Å²) in [6.07, 6.45) is 2.41. The van der Waals surface area contributed by atoms with Crippen molar-refractivity contribution in [1.29, 1.82) is 5.26 Å². The van der Waals surface area contributed by atoms with Gasteiger partial charge in [-0.2, -0.15) is 5.26 Å². The number of fused-ring (bicyclic) bond motifs is 1.